The van der Waals surface area contributed by atoms with Crippen molar-refractivity contribution in [3.8, 4) is 0 Å². The molecular formula is C11H10BrNO. The van der Waals surface area contributed by atoms with E-state index in [1.54, 1.807) is 0 Å². The van der Waals surface area contributed by atoms with Crippen molar-refractivity contribution in [1.82, 2.24) is 0 Å². The number of benzene rings is 1. The van der Waals surface area contributed by atoms with Crippen LogP contribution < -0.4 is 0 Å². The minimum absolute atomic E-state index is 0.441. The molecule has 0 spiro atoms. The second kappa shape index (κ2) is 3.72. The van der Waals surface area contributed by atoms with Crippen molar-refractivity contribution in [2.24, 2.45) is 0 Å². The Morgan fingerprint density at radius 2 is 2.36 bits per heavy atom. The lowest BCUT2D eigenvalue weighted by Crippen LogP contribution is -2.21. The first kappa shape index (κ1) is 9.70. The molecule has 0 aromatic heterocycles. The molecule has 1 aromatic rings. The third-order valence-corrected chi connectivity index (χ3v) is 3.07. The zero-order chi connectivity index (χ0) is 10.0. The van der Waals surface area contributed by atoms with E-state index < -0.39 is 5.54 Å². The molecule has 72 valence electrons. The summed E-state index contributed by atoms with van der Waals surface area (Å²) in [5, 5.41) is 0. The smallest absolute Gasteiger partial charge is 0.282 e. The summed E-state index contributed by atoms with van der Waals surface area (Å²) in [4.78, 5) is 3.73. The van der Waals surface area contributed by atoms with Gasteiger partial charge in [-0.2, -0.15) is 0 Å². The fourth-order valence-electron chi connectivity index (χ4n) is 1.71. The summed E-state index contributed by atoms with van der Waals surface area (Å²) < 4.78 is 6.34. The predicted octanol–water partition coefficient (Wildman–Crippen LogP) is 2.98. The summed E-state index contributed by atoms with van der Waals surface area (Å²) in [6.07, 6.45) is 0.799. The van der Waals surface area contributed by atoms with E-state index in [9.17, 15) is 0 Å². The Labute approximate surface area is 91.8 Å². The normalized spacial score (nSPS) is 26.0. The zero-order valence-corrected chi connectivity index (χ0v) is 9.25. The van der Waals surface area contributed by atoms with Crippen LogP contribution in [-0.4, -0.2) is 13.2 Å². The zero-order valence-electron chi connectivity index (χ0n) is 7.66. The number of halogens is 1. The van der Waals surface area contributed by atoms with Crippen LogP contribution in [0, 0.1) is 6.57 Å². The van der Waals surface area contributed by atoms with Crippen molar-refractivity contribution in [1.29, 1.82) is 0 Å². The van der Waals surface area contributed by atoms with Gasteiger partial charge in [-0.15, -0.1) is 0 Å². The summed E-state index contributed by atoms with van der Waals surface area (Å²) in [5.74, 6) is 0. The Balaban J connectivity index is 2.42. The van der Waals surface area contributed by atoms with Crippen LogP contribution in [0.15, 0.2) is 28.7 Å². The van der Waals surface area contributed by atoms with Gasteiger partial charge in [0, 0.05) is 10.0 Å². The maximum atomic E-state index is 7.29. The van der Waals surface area contributed by atoms with Gasteiger partial charge in [-0.1, -0.05) is 28.1 Å². The van der Waals surface area contributed by atoms with Crippen LogP contribution in [0.3, 0.4) is 0 Å². The number of rotatable bonds is 1. The summed E-state index contributed by atoms with van der Waals surface area (Å²) in [5.41, 5.74) is 0.614. The predicted molar refractivity (Wildman–Crippen MR) is 57.9 cm³/mol. The minimum atomic E-state index is -0.441. The molecule has 2 nitrogen and oxygen atoms in total. The Morgan fingerprint density at radius 1 is 1.50 bits per heavy atom. The third kappa shape index (κ3) is 1.56. The average Bonchev–Trinajstić information content (AvgIpc) is 2.67. The molecule has 2 rings (SSSR count). The molecule has 0 amide bonds. The second-order valence-corrected chi connectivity index (χ2v) is 4.37. The maximum absolute atomic E-state index is 7.29. The van der Waals surface area contributed by atoms with Gasteiger partial charge in [0.15, 0.2) is 0 Å². The first-order valence-electron chi connectivity index (χ1n) is 4.49. The molecule has 1 aliphatic heterocycles. The van der Waals surface area contributed by atoms with Crippen molar-refractivity contribution in [2.45, 2.75) is 12.0 Å². The van der Waals surface area contributed by atoms with Gasteiger partial charge >= 0.3 is 0 Å². The van der Waals surface area contributed by atoms with Crippen LogP contribution in [0.5, 0.6) is 0 Å². The van der Waals surface area contributed by atoms with Gasteiger partial charge in [-0.25, -0.2) is 6.57 Å². The first-order valence-corrected chi connectivity index (χ1v) is 5.29. The molecule has 0 aliphatic carbocycles. The highest BCUT2D eigenvalue weighted by molar-refractivity contribution is 9.10. The van der Waals surface area contributed by atoms with Crippen LogP contribution >= 0.6 is 15.9 Å². The molecule has 3 heteroatoms. The highest BCUT2D eigenvalue weighted by Gasteiger charge is 2.43. The van der Waals surface area contributed by atoms with Crippen molar-refractivity contribution in [2.75, 3.05) is 13.2 Å². The molecule has 1 heterocycles. The van der Waals surface area contributed by atoms with E-state index in [0.29, 0.717) is 13.2 Å². The first-order chi connectivity index (χ1) is 6.77. The molecule has 14 heavy (non-hydrogen) atoms. The Bertz CT molecular complexity index is 377. The van der Waals surface area contributed by atoms with Crippen molar-refractivity contribution < 1.29 is 4.74 Å². The Morgan fingerprint density at radius 3 is 2.93 bits per heavy atom. The van der Waals surface area contributed by atoms with Gasteiger partial charge < -0.3 is 9.58 Å². The number of hydrogen-bond donors (Lipinski definition) is 0. The number of ether oxygens (including phenoxy) is 1. The Hall–Kier alpha value is -0.850. The molecule has 0 N–H and O–H groups in total. The van der Waals surface area contributed by atoms with Crippen molar-refractivity contribution in [3.63, 3.8) is 0 Å². The molecule has 1 atom stereocenters. The van der Waals surface area contributed by atoms with Crippen molar-refractivity contribution >= 4 is 15.9 Å². The van der Waals surface area contributed by atoms with Crippen LogP contribution in [0.4, 0.5) is 0 Å². The second-order valence-electron chi connectivity index (χ2n) is 3.46. The molecule has 0 saturated carbocycles. The molecule has 0 bridgehead atoms. The van der Waals surface area contributed by atoms with E-state index in [4.69, 9.17) is 11.3 Å². The van der Waals surface area contributed by atoms with E-state index in [1.165, 1.54) is 0 Å². The van der Waals surface area contributed by atoms with Gasteiger partial charge in [0.05, 0.1) is 13.0 Å². The van der Waals surface area contributed by atoms with Crippen LogP contribution in [0.1, 0.15) is 12.0 Å². The molecule has 1 saturated heterocycles. The summed E-state index contributed by atoms with van der Waals surface area (Å²) in [7, 11) is 0. The van der Waals surface area contributed by atoms with Gasteiger partial charge in [0.25, 0.3) is 5.54 Å². The molecule has 1 aliphatic rings. The summed E-state index contributed by atoms with van der Waals surface area (Å²) in [6, 6.07) is 7.94. The van der Waals surface area contributed by atoms with Crippen LogP contribution in [0.2, 0.25) is 0 Å². The minimum Gasteiger partial charge on any atom is -0.372 e. The molecule has 1 unspecified atom stereocenters. The van der Waals surface area contributed by atoms with Gasteiger partial charge in [-0.05, 0) is 12.1 Å². The third-order valence-electron chi connectivity index (χ3n) is 2.58. The highest BCUT2D eigenvalue weighted by Crippen LogP contribution is 2.35. The monoisotopic (exact) mass is 251 g/mol. The molecule has 1 aromatic carbocycles. The lowest BCUT2D eigenvalue weighted by molar-refractivity contribution is 0.185. The van der Waals surface area contributed by atoms with Gasteiger partial charge in [0.1, 0.15) is 6.61 Å². The number of nitrogens with zero attached hydrogens (tertiary/aromatic N) is 1. The highest BCUT2D eigenvalue weighted by atomic mass is 79.9. The number of hydrogen-bond acceptors (Lipinski definition) is 1. The van der Waals surface area contributed by atoms with E-state index in [0.717, 1.165) is 16.5 Å². The van der Waals surface area contributed by atoms with E-state index >= 15 is 0 Å². The molecule has 1 fully saturated rings. The fourth-order valence-corrected chi connectivity index (χ4v) is 2.11. The Kier molecular flexibility index (Phi) is 2.58. The van der Waals surface area contributed by atoms with E-state index in [1.807, 2.05) is 24.3 Å². The quantitative estimate of drug-likeness (QED) is 0.700. The molecule has 0 radical (unpaired) electrons. The average molecular weight is 252 g/mol. The lowest BCUT2D eigenvalue weighted by atomic mass is 9.90. The van der Waals surface area contributed by atoms with Crippen molar-refractivity contribution in [3.05, 3.63) is 45.7 Å². The van der Waals surface area contributed by atoms with E-state index in [-0.39, 0.29) is 0 Å². The van der Waals surface area contributed by atoms with E-state index in [2.05, 4.69) is 20.8 Å². The van der Waals surface area contributed by atoms with Gasteiger partial charge in [-0.3, -0.25) is 0 Å². The standard InChI is InChI=1S/C11H10BrNO/c1-13-11(5-6-14-8-11)9-3-2-4-10(12)7-9/h2-4,7H,5-6,8H2. The maximum Gasteiger partial charge on any atom is 0.282 e. The lowest BCUT2D eigenvalue weighted by Gasteiger charge is -2.14. The van der Waals surface area contributed by atoms with Crippen LogP contribution in [0.25, 0.3) is 4.85 Å². The fraction of sp³-hybridized carbons (Fsp3) is 0.364. The summed E-state index contributed by atoms with van der Waals surface area (Å²) >= 11 is 3.42. The SMILES string of the molecule is [C-]#[N+]C1(c2cccc(Br)c2)CCOC1. The topological polar surface area (TPSA) is 13.6 Å². The van der Waals surface area contributed by atoms with Gasteiger partial charge in [0.2, 0.25) is 0 Å². The summed E-state index contributed by atoms with van der Waals surface area (Å²) in [6.45, 7) is 8.50. The molecular weight excluding hydrogens is 242 g/mol. The largest absolute Gasteiger partial charge is 0.372 e. The van der Waals surface area contributed by atoms with Crippen LogP contribution in [-0.2, 0) is 10.3 Å².